The summed E-state index contributed by atoms with van der Waals surface area (Å²) >= 11 is 0. The number of nitrogens with zero attached hydrogens (tertiary/aromatic N) is 1. The van der Waals surface area contributed by atoms with E-state index in [-0.39, 0.29) is 5.97 Å². The zero-order valence-electron chi connectivity index (χ0n) is 11.4. The largest absolute Gasteiger partial charge is 0.726 e. The summed E-state index contributed by atoms with van der Waals surface area (Å²) in [6.45, 7) is 5.80. The average Bonchev–Trinajstić information content (AvgIpc) is 2.23. The van der Waals surface area contributed by atoms with Crippen LogP contribution in [0, 0.1) is 0 Å². The predicted molar refractivity (Wildman–Crippen MR) is 65.4 cm³/mol. The van der Waals surface area contributed by atoms with E-state index in [4.69, 9.17) is 4.74 Å². The van der Waals surface area contributed by atoms with Gasteiger partial charge in [-0.25, -0.2) is 13.2 Å². The number of rotatable bonds is 5. The van der Waals surface area contributed by atoms with E-state index in [1.807, 2.05) is 6.92 Å². The molecule has 1 atom stereocenters. The molecule has 8 heteroatoms. The van der Waals surface area contributed by atoms with E-state index in [1.165, 1.54) is 6.08 Å². The second kappa shape index (κ2) is 8.20. The molecule has 0 saturated carbocycles. The molecule has 7 nitrogen and oxygen atoms in total. The Balaban J connectivity index is 0. The molecule has 0 heterocycles. The van der Waals surface area contributed by atoms with Gasteiger partial charge in [0, 0.05) is 6.08 Å². The first-order valence-corrected chi connectivity index (χ1v) is 6.39. The number of esters is 1. The van der Waals surface area contributed by atoms with E-state index in [9.17, 15) is 17.8 Å². The van der Waals surface area contributed by atoms with Gasteiger partial charge in [0.05, 0.1) is 28.3 Å². The minimum Gasteiger partial charge on any atom is -0.726 e. The van der Waals surface area contributed by atoms with Gasteiger partial charge in [-0.1, -0.05) is 6.58 Å². The monoisotopic (exact) mass is 283 g/mol. The Kier molecular flexibility index (Phi) is 8.83. The lowest BCUT2D eigenvalue weighted by molar-refractivity contribution is -0.894. The van der Waals surface area contributed by atoms with E-state index in [0.29, 0.717) is 12.6 Å². The third-order valence-corrected chi connectivity index (χ3v) is 2.57. The van der Waals surface area contributed by atoms with Crippen molar-refractivity contribution in [1.29, 1.82) is 0 Å². The fourth-order valence-electron chi connectivity index (χ4n) is 0.485. The first kappa shape index (κ1) is 19.4. The maximum Gasteiger partial charge on any atom is 0.330 e. The smallest absolute Gasteiger partial charge is 0.330 e. The van der Waals surface area contributed by atoms with Crippen molar-refractivity contribution in [2.24, 2.45) is 0 Å². The summed E-state index contributed by atoms with van der Waals surface area (Å²) in [5.41, 5.74) is 0. The van der Waals surface area contributed by atoms with Crippen LogP contribution in [0.5, 0.6) is 0 Å². The molecule has 0 aliphatic rings. The van der Waals surface area contributed by atoms with Crippen molar-refractivity contribution in [1.82, 2.24) is 0 Å². The van der Waals surface area contributed by atoms with E-state index >= 15 is 0 Å². The van der Waals surface area contributed by atoms with Gasteiger partial charge in [-0.15, -0.1) is 0 Å². The fraction of sp³-hybridized carbons (Fsp3) is 0.700. The highest BCUT2D eigenvalue weighted by Crippen LogP contribution is 2.02. The highest BCUT2D eigenvalue weighted by molar-refractivity contribution is 7.80. The minimum absolute atomic E-state index is 0.300. The summed E-state index contributed by atoms with van der Waals surface area (Å²) < 4.78 is 36.7. The van der Waals surface area contributed by atoms with Crippen molar-refractivity contribution in [3.05, 3.63) is 12.7 Å². The Labute approximate surface area is 109 Å². The molecule has 0 aromatic carbocycles. The molecule has 108 valence electrons. The molecule has 0 N–H and O–H groups in total. The van der Waals surface area contributed by atoms with Crippen LogP contribution in [0.2, 0.25) is 0 Å². The van der Waals surface area contributed by atoms with Gasteiger partial charge in [0.15, 0.2) is 0 Å². The molecule has 0 bridgehead atoms. The minimum atomic E-state index is -4.41. The second-order valence-corrected chi connectivity index (χ2v) is 5.52. The van der Waals surface area contributed by atoms with Gasteiger partial charge in [0.2, 0.25) is 10.4 Å². The predicted octanol–water partition coefficient (Wildman–Crippen LogP) is -0.0967. The van der Waals surface area contributed by atoms with Crippen LogP contribution in [0.15, 0.2) is 12.7 Å². The first-order valence-electron chi connectivity index (χ1n) is 5.05. The summed E-state index contributed by atoms with van der Waals surface area (Å²) in [5, 5.41) is 0. The van der Waals surface area contributed by atoms with Gasteiger partial charge >= 0.3 is 5.97 Å². The molecule has 0 radical (unpaired) electrons. The molecule has 0 aromatic rings. The van der Waals surface area contributed by atoms with Gasteiger partial charge in [0.1, 0.15) is 12.6 Å². The van der Waals surface area contributed by atoms with Gasteiger partial charge in [-0.05, 0) is 6.92 Å². The number of hydrogen-bond donors (Lipinski definition) is 0. The van der Waals surface area contributed by atoms with Crippen molar-refractivity contribution in [2.45, 2.75) is 13.0 Å². The third kappa shape index (κ3) is 13.1. The second-order valence-electron chi connectivity index (χ2n) is 4.37. The van der Waals surface area contributed by atoms with Crippen molar-refractivity contribution < 1.29 is 31.2 Å². The summed E-state index contributed by atoms with van der Waals surface area (Å²) in [4.78, 5) is 10.7. The van der Waals surface area contributed by atoms with E-state index in [2.05, 4.69) is 31.9 Å². The molecule has 1 unspecified atom stereocenters. The summed E-state index contributed by atoms with van der Waals surface area (Å²) in [7, 11) is 2.58. The van der Waals surface area contributed by atoms with Crippen molar-refractivity contribution in [3.63, 3.8) is 0 Å². The number of likely N-dealkylation sites (N-methyl/N-ethyl adjacent to an activating group) is 1. The van der Waals surface area contributed by atoms with Crippen molar-refractivity contribution >= 4 is 16.4 Å². The SMILES string of the molecule is C=CC(=O)OCC(C)[N+](C)(C)C.COS(=O)(=O)[O-]. The van der Waals surface area contributed by atoms with Gasteiger partial charge in [-0.2, -0.15) is 0 Å². The van der Waals surface area contributed by atoms with E-state index in [0.717, 1.165) is 11.6 Å². The molecule has 0 aliphatic carbocycles. The summed E-state index contributed by atoms with van der Waals surface area (Å²) in [5.74, 6) is -0.352. The van der Waals surface area contributed by atoms with Crippen LogP contribution in [0.4, 0.5) is 0 Å². The van der Waals surface area contributed by atoms with Crippen LogP contribution in [0.3, 0.4) is 0 Å². The number of quaternary nitrogens is 1. The van der Waals surface area contributed by atoms with Crippen LogP contribution >= 0.6 is 0 Å². The first-order chi connectivity index (χ1) is 7.94. The molecule has 18 heavy (non-hydrogen) atoms. The quantitative estimate of drug-likeness (QED) is 0.230. The lowest BCUT2D eigenvalue weighted by atomic mass is 10.3. The lowest BCUT2D eigenvalue weighted by Gasteiger charge is -2.30. The average molecular weight is 283 g/mol. The molecule has 0 fully saturated rings. The number of carbonyl (C=O) groups is 1. The molecule has 0 amide bonds. The molecule has 0 aliphatic heterocycles. The molecule has 0 spiro atoms. The number of carbonyl (C=O) groups excluding carboxylic acids is 1. The van der Waals surface area contributed by atoms with E-state index < -0.39 is 10.4 Å². The topological polar surface area (TPSA) is 92.7 Å². The normalized spacial score (nSPS) is 13.0. The van der Waals surface area contributed by atoms with Gasteiger partial charge in [-0.3, -0.25) is 4.18 Å². The number of ether oxygens (including phenoxy) is 1. The lowest BCUT2D eigenvalue weighted by Crippen LogP contribution is -2.46. The number of hydrogen-bond acceptors (Lipinski definition) is 6. The standard InChI is InChI=1S/C9H18NO2.CH4O4S/c1-6-9(11)12-7-8(2)10(3,4)5;1-5-6(2,3)4/h6,8H,1,7H2,2-5H3;1H3,(H,2,3,4)/q+1;/p-1. The fourth-order valence-corrected chi connectivity index (χ4v) is 0.485. The van der Waals surface area contributed by atoms with Crippen LogP contribution in [-0.4, -0.2) is 64.3 Å². The molecule has 0 rings (SSSR count). The molecular weight excluding hydrogens is 262 g/mol. The summed E-state index contributed by atoms with van der Waals surface area (Å²) in [6, 6.07) is 0.300. The van der Waals surface area contributed by atoms with Gasteiger partial charge in [0.25, 0.3) is 0 Å². The van der Waals surface area contributed by atoms with Crippen LogP contribution < -0.4 is 0 Å². The Hall–Kier alpha value is -0.960. The van der Waals surface area contributed by atoms with Crippen molar-refractivity contribution in [3.8, 4) is 0 Å². The Morgan fingerprint density at radius 2 is 1.83 bits per heavy atom. The van der Waals surface area contributed by atoms with Gasteiger partial charge < -0.3 is 13.8 Å². The maximum atomic E-state index is 10.7. The Morgan fingerprint density at radius 1 is 1.44 bits per heavy atom. The highest BCUT2D eigenvalue weighted by atomic mass is 32.3. The Morgan fingerprint density at radius 3 is 2.06 bits per heavy atom. The third-order valence-electron chi connectivity index (χ3n) is 2.16. The summed E-state index contributed by atoms with van der Waals surface area (Å²) in [6.07, 6.45) is 1.18. The van der Waals surface area contributed by atoms with Crippen molar-refractivity contribution in [2.75, 3.05) is 34.9 Å². The molecule has 0 saturated heterocycles. The zero-order valence-corrected chi connectivity index (χ0v) is 12.2. The Bertz CT molecular complexity index is 357. The van der Waals surface area contributed by atoms with Crippen LogP contribution in [0.1, 0.15) is 6.92 Å². The van der Waals surface area contributed by atoms with E-state index in [1.54, 1.807) is 0 Å². The maximum absolute atomic E-state index is 10.7. The highest BCUT2D eigenvalue weighted by Gasteiger charge is 2.19. The zero-order chi connectivity index (χ0) is 15.0. The molecule has 0 aromatic heterocycles. The van der Waals surface area contributed by atoms with Crippen LogP contribution in [-0.2, 0) is 24.1 Å². The van der Waals surface area contributed by atoms with Crippen LogP contribution in [0.25, 0.3) is 0 Å². The molecular formula is C10H21NO6S.